The molecule has 0 spiro atoms. The molecule has 0 radical (unpaired) electrons. The maximum absolute atomic E-state index is 11.9. The van der Waals surface area contributed by atoms with E-state index >= 15 is 0 Å². The molecule has 0 aromatic heterocycles. The molecule has 1 aromatic carbocycles. The van der Waals surface area contributed by atoms with Gasteiger partial charge in [0.1, 0.15) is 5.60 Å². The van der Waals surface area contributed by atoms with E-state index in [2.05, 4.69) is 19.2 Å². The van der Waals surface area contributed by atoms with Crippen LogP contribution in [0.5, 0.6) is 0 Å². The van der Waals surface area contributed by atoms with Crippen molar-refractivity contribution in [1.82, 2.24) is 0 Å². The van der Waals surface area contributed by atoms with E-state index in [9.17, 15) is 4.79 Å². The van der Waals surface area contributed by atoms with Gasteiger partial charge in [0.2, 0.25) is 0 Å². The lowest BCUT2D eigenvalue weighted by molar-refractivity contribution is -0.0118. The number of carbonyl (C=O) groups is 1. The minimum Gasteiger partial charge on any atom is -0.444 e. The molecule has 5 nitrogen and oxygen atoms in total. The summed E-state index contributed by atoms with van der Waals surface area (Å²) >= 11 is 0. The fraction of sp³-hybridized carbons (Fsp3) is 0.611. The van der Waals surface area contributed by atoms with Gasteiger partial charge >= 0.3 is 13.2 Å². The minimum absolute atomic E-state index is 0.355. The summed E-state index contributed by atoms with van der Waals surface area (Å²) in [4.78, 5) is 11.9. The summed E-state index contributed by atoms with van der Waals surface area (Å²) in [5, 5.41) is 2.75. The fourth-order valence-electron chi connectivity index (χ4n) is 2.62. The molecule has 0 aliphatic carbocycles. The van der Waals surface area contributed by atoms with Crippen molar-refractivity contribution in [2.24, 2.45) is 0 Å². The Morgan fingerprint density at radius 1 is 1.25 bits per heavy atom. The largest absolute Gasteiger partial charge is 0.494 e. The Morgan fingerprint density at radius 3 is 2.46 bits per heavy atom. The van der Waals surface area contributed by atoms with Gasteiger partial charge in [-0.2, -0.15) is 0 Å². The van der Waals surface area contributed by atoms with Crippen molar-refractivity contribution >= 4 is 24.4 Å². The second-order valence-corrected chi connectivity index (χ2v) is 7.91. The first-order valence-electron chi connectivity index (χ1n) is 8.41. The summed E-state index contributed by atoms with van der Waals surface area (Å²) < 4.78 is 17.6. The molecular weight excluding hydrogens is 305 g/mol. The van der Waals surface area contributed by atoms with Crippen molar-refractivity contribution in [2.75, 3.05) is 5.32 Å². The first-order chi connectivity index (χ1) is 11.0. The molecular formula is C18H28BNO4. The molecule has 1 heterocycles. The normalized spacial score (nSPS) is 23.2. The first kappa shape index (κ1) is 18.8. The lowest BCUT2D eigenvalue weighted by atomic mass is 9.79. The van der Waals surface area contributed by atoms with Crippen molar-refractivity contribution in [3.63, 3.8) is 0 Å². The summed E-state index contributed by atoms with van der Waals surface area (Å²) in [5.74, 6) is 0. The molecule has 1 unspecified atom stereocenters. The summed E-state index contributed by atoms with van der Waals surface area (Å²) in [6.45, 7) is 13.7. The van der Waals surface area contributed by atoms with Crippen LogP contribution in [0.1, 0.15) is 54.9 Å². The number of rotatable bonds is 3. The molecule has 1 aliphatic rings. The van der Waals surface area contributed by atoms with Gasteiger partial charge in [0.15, 0.2) is 0 Å². The lowest BCUT2D eigenvalue weighted by Crippen LogP contribution is -2.44. The molecule has 1 saturated heterocycles. The third kappa shape index (κ3) is 4.11. The molecule has 1 aromatic rings. The van der Waals surface area contributed by atoms with Crippen LogP contribution in [0.3, 0.4) is 0 Å². The third-order valence-corrected chi connectivity index (χ3v) is 4.52. The van der Waals surface area contributed by atoms with Crippen molar-refractivity contribution in [3.05, 3.63) is 24.3 Å². The number of hydrogen-bond acceptors (Lipinski definition) is 4. The minimum atomic E-state index is -0.535. The molecule has 1 aliphatic heterocycles. The number of benzene rings is 1. The van der Waals surface area contributed by atoms with Gasteiger partial charge in [-0.25, -0.2) is 4.79 Å². The summed E-state index contributed by atoms with van der Waals surface area (Å²) in [5.41, 5.74) is 0.241. The van der Waals surface area contributed by atoms with Gasteiger partial charge in [0, 0.05) is 5.69 Å². The zero-order chi connectivity index (χ0) is 18.2. The van der Waals surface area contributed by atoms with Gasteiger partial charge in [-0.05, 0) is 65.6 Å². The van der Waals surface area contributed by atoms with E-state index in [1.807, 2.05) is 58.9 Å². The number of hydrogen-bond donors (Lipinski definition) is 1. The Balaban J connectivity index is 2.13. The summed E-state index contributed by atoms with van der Waals surface area (Å²) in [6.07, 6.45) is 0.374. The van der Waals surface area contributed by atoms with Crippen LogP contribution < -0.4 is 10.8 Å². The van der Waals surface area contributed by atoms with Crippen molar-refractivity contribution in [3.8, 4) is 0 Å². The van der Waals surface area contributed by atoms with Crippen LogP contribution in [-0.4, -0.2) is 30.0 Å². The molecule has 6 heteroatoms. The monoisotopic (exact) mass is 333 g/mol. The first-order valence-corrected chi connectivity index (χ1v) is 8.41. The topological polar surface area (TPSA) is 56.8 Å². The highest BCUT2D eigenvalue weighted by Crippen LogP contribution is 2.39. The van der Waals surface area contributed by atoms with Crippen LogP contribution in [0.2, 0.25) is 0 Å². The van der Waals surface area contributed by atoms with E-state index in [-0.39, 0.29) is 11.2 Å². The SMILES string of the molecule is CCC1(C)OB(c2cccc(NC(=O)OC(C)(C)C)c2)OC1(C)C. The highest BCUT2D eigenvalue weighted by Gasteiger charge is 2.53. The predicted octanol–water partition coefficient (Wildman–Crippen LogP) is 3.72. The van der Waals surface area contributed by atoms with Gasteiger partial charge in [-0.3, -0.25) is 5.32 Å². The highest BCUT2D eigenvalue weighted by molar-refractivity contribution is 6.62. The molecule has 1 fully saturated rings. The van der Waals surface area contributed by atoms with Crippen LogP contribution in [0, 0.1) is 0 Å². The molecule has 1 amide bonds. The zero-order valence-corrected chi connectivity index (χ0v) is 15.7. The predicted molar refractivity (Wildman–Crippen MR) is 96.6 cm³/mol. The number of ether oxygens (including phenoxy) is 1. The molecule has 1 atom stereocenters. The average molecular weight is 333 g/mol. The van der Waals surface area contributed by atoms with Crippen LogP contribution in [0.15, 0.2) is 24.3 Å². The van der Waals surface area contributed by atoms with Gasteiger partial charge in [0.25, 0.3) is 0 Å². The summed E-state index contributed by atoms with van der Waals surface area (Å²) in [7, 11) is -0.453. The van der Waals surface area contributed by atoms with E-state index in [0.717, 1.165) is 11.9 Å². The Bertz CT molecular complexity index is 611. The standard InChI is InChI=1S/C18H28BNO4/c1-8-18(7)17(5,6)23-19(24-18)13-10-9-11-14(12-13)20-15(21)22-16(2,3)4/h9-12H,8H2,1-7H3,(H,20,21). The van der Waals surface area contributed by atoms with Crippen molar-refractivity contribution < 1.29 is 18.8 Å². The summed E-state index contributed by atoms with van der Waals surface area (Å²) in [6, 6.07) is 7.46. The third-order valence-electron chi connectivity index (χ3n) is 4.52. The van der Waals surface area contributed by atoms with Crippen LogP contribution >= 0.6 is 0 Å². The Kier molecular flexibility index (Phi) is 5.02. The molecule has 0 saturated carbocycles. The Hall–Kier alpha value is -1.53. The molecule has 0 bridgehead atoms. The van der Waals surface area contributed by atoms with E-state index in [0.29, 0.717) is 5.69 Å². The van der Waals surface area contributed by atoms with Crippen molar-refractivity contribution in [1.29, 1.82) is 0 Å². The number of carbonyl (C=O) groups excluding carboxylic acids is 1. The Morgan fingerprint density at radius 2 is 1.92 bits per heavy atom. The van der Waals surface area contributed by atoms with E-state index in [1.165, 1.54) is 0 Å². The lowest BCUT2D eigenvalue weighted by Gasteiger charge is -2.35. The van der Waals surface area contributed by atoms with Gasteiger partial charge in [-0.15, -0.1) is 0 Å². The maximum Gasteiger partial charge on any atom is 0.494 e. The second kappa shape index (κ2) is 6.41. The van der Waals surface area contributed by atoms with E-state index < -0.39 is 18.8 Å². The number of nitrogens with one attached hydrogen (secondary N) is 1. The van der Waals surface area contributed by atoms with Gasteiger partial charge < -0.3 is 14.0 Å². The van der Waals surface area contributed by atoms with Crippen molar-refractivity contribution in [2.45, 2.75) is 71.7 Å². The van der Waals surface area contributed by atoms with E-state index in [1.54, 1.807) is 0 Å². The van der Waals surface area contributed by atoms with E-state index in [4.69, 9.17) is 14.0 Å². The Labute approximate surface area is 145 Å². The second-order valence-electron chi connectivity index (χ2n) is 7.91. The highest BCUT2D eigenvalue weighted by atomic mass is 16.7. The number of amides is 1. The molecule has 2 rings (SSSR count). The zero-order valence-electron chi connectivity index (χ0n) is 15.7. The molecule has 1 N–H and O–H groups in total. The maximum atomic E-state index is 11.9. The van der Waals surface area contributed by atoms with Crippen LogP contribution in [-0.2, 0) is 14.0 Å². The fourth-order valence-corrected chi connectivity index (χ4v) is 2.62. The molecule has 24 heavy (non-hydrogen) atoms. The average Bonchev–Trinajstić information content (AvgIpc) is 2.68. The van der Waals surface area contributed by atoms with Crippen LogP contribution in [0.25, 0.3) is 0 Å². The number of anilines is 1. The van der Waals surface area contributed by atoms with Crippen LogP contribution in [0.4, 0.5) is 10.5 Å². The van der Waals surface area contributed by atoms with Gasteiger partial charge in [0.05, 0.1) is 11.2 Å². The smallest absolute Gasteiger partial charge is 0.444 e. The molecule has 132 valence electrons. The van der Waals surface area contributed by atoms with Gasteiger partial charge in [-0.1, -0.05) is 19.1 Å². The quantitative estimate of drug-likeness (QED) is 0.857.